The van der Waals surface area contributed by atoms with Crippen LogP contribution in [0.5, 0.6) is 0 Å². The predicted octanol–water partition coefficient (Wildman–Crippen LogP) is 1.82. The highest BCUT2D eigenvalue weighted by Crippen LogP contribution is 2.40. The van der Waals surface area contributed by atoms with E-state index in [1.807, 2.05) is 0 Å². The van der Waals surface area contributed by atoms with Crippen LogP contribution in [0.2, 0.25) is 0 Å². The zero-order valence-electron chi connectivity index (χ0n) is 22.7. The Kier molecular flexibility index (Phi) is 8.82. The summed E-state index contributed by atoms with van der Waals surface area (Å²) in [4.78, 5) is 60.0. The number of nitrogens with zero attached hydrogens (tertiary/aromatic N) is 4. The van der Waals surface area contributed by atoms with Crippen molar-refractivity contribution in [1.29, 1.82) is 0 Å². The minimum Gasteiger partial charge on any atom is -0.477 e. The number of β-lactam (4-membered cyclic amide) rings is 1. The molecule has 1 aromatic carbocycles. The maximum absolute atomic E-state index is 13.2. The molecule has 3 heterocycles. The van der Waals surface area contributed by atoms with Crippen molar-refractivity contribution in [1.82, 2.24) is 24.9 Å². The van der Waals surface area contributed by atoms with Gasteiger partial charge in [-0.3, -0.25) is 14.5 Å². The summed E-state index contributed by atoms with van der Waals surface area (Å²) >= 11 is 2.21. The van der Waals surface area contributed by atoms with E-state index in [2.05, 4.69) is 25.1 Å². The van der Waals surface area contributed by atoms with E-state index in [0.29, 0.717) is 11.3 Å². The number of thioether (sulfide) groups is 1. The Balaban J connectivity index is 1.39. The molecule has 3 amide bonds. The van der Waals surface area contributed by atoms with Gasteiger partial charge in [-0.15, -0.1) is 11.8 Å². The lowest BCUT2D eigenvalue weighted by molar-refractivity contribution is -0.150. The number of carboxylic acids is 1. The highest BCUT2D eigenvalue weighted by molar-refractivity contribution is 8.00. The Hall–Kier alpha value is -4.18. The van der Waals surface area contributed by atoms with Crippen molar-refractivity contribution in [2.24, 2.45) is 5.16 Å². The summed E-state index contributed by atoms with van der Waals surface area (Å²) in [6.07, 6.45) is -0.520. The summed E-state index contributed by atoms with van der Waals surface area (Å²) in [5.41, 5.74) is 6.88. The van der Waals surface area contributed by atoms with Crippen LogP contribution >= 0.6 is 23.3 Å². The second kappa shape index (κ2) is 12.1. The van der Waals surface area contributed by atoms with Gasteiger partial charge >= 0.3 is 12.1 Å². The van der Waals surface area contributed by atoms with Gasteiger partial charge in [0.25, 0.3) is 11.8 Å². The summed E-state index contributed by atoms with van der Waals surface area (Å²) in [6, 6.07) is 6.19. The predicted molar refractivity (Wildman–Crippen MR) is 151 cm³/mol. The van der Waals surface area contributed by atoms with Gasteiger partial charge in [0.15, 0.2) is 5.13 Å². The fourth-order valence-corrected chi connectivity index (χ4v) is 5.64. The van der Waals surface area contributed by atoms with Gasteiger partial charge in [0.1, 0.15) is 29.3 Å². The molecule has 0 aliphatic carbocycles. The number of oxime groups is 1. The van der Waals surface area contributed by atoms with Crippen molar-refractivity contribution < 1.29 is 33.9 Å². The number of nitrogens with two attached hydrogens (primary N) is 1. The van der Waals surface area contributed by atoms with Crippen LogP contribution in [-0.2, 0) is 37.1 Å². The van der Waals surface area contributed by atoms with Crippen LogP contribution in [0.1, 0.15) is 44.6 Å². The zero-order valence-corrected chi connectivity index (χ0v) is 24.3. The molecule has 2 aromatic rings. The van der Waals surface area contributed by atoms with Gasteiger partial charge in [0.2, 0.25) is 11.5 Å². The number of nitrogen functional groups attached to an aromatic ring is 1. The number of aromatic nitrogens is 2. The molecule has 218 valence electrons. The topological polar surface area (TPSA) is 198 Å². The van der Waals surface area contributed by atoms with E-state index in [-0.39, 0.29) is 35.5 Å². The second-order valence-electron chi connectivity index (χ2n) is 10.1. The molecule has 1 unspecified atom stereocenters. The number of alkyl carbamates (subject to hydrolysis) is 1. The Morgan fingerprint density at radius 3 is 2.51 bits per heavy atom. The molecule has 4 rings (SSSR count). The molecule has 1 saturated heterocycles. The Morgan fingerprint density at radius 2 is 1.90 bits per heavy atom. The summed E-state index contributed by atoms with van der Waals surface area (Å²) in [7, 11) is 0. The Labute approximate surface area is 243 Å². The standard InChI is InChI=1S/C25H29N7O7S2/c1-12-11-40-21-16(20(34)32(21)17(12)22(35)36)28-19(33)15(18-29-23(26)41-31-18)30-38-10-14-7-5-13(6-8-14)9-27-24(37)39-25(2,3)4/h5-8,16,21H,9-11H2,1-4H3,(H,27,37)(H,28,33)(H,35,36)(H2,26,29,31)/t16?,21-/m0/s1. The number of fused-ring (bicyclic) bond motifs is 1. The normalized spacial score (nSPS) is 18.8. The molecule has 41 heavy (non-hydrogen) atoms. The van der Waals surface area contributed by atoms with Gasteiger partial charge < -0.3 is 31.0 Å². The monoisotopic (exact) mass is 603 g/mol. The van der Waals surface area contributed by atoms with E-state index in [1.54, 1.807) is 52.0 Å². The minimum atomic E-state index is -1.20. The number of carbonyl (C=O) groups is 4. The summed E-state index contributed by atoms with van der Waals surface area (Å²) in [5.74, 6) is -2.17. The lowest BCUT2D eigenvalue weighted by atomic mass is 10.0. The number of ether oxygens (including phenoxy) is 1. The van der Waals surface area contributed by atoms with Crippen LogP contribution in [0.15, 0.2) is 40.7 Å². The molecule has 2 aliphatic rings. The Morgan fingerprint density at radius 1 is 1.22 bits per heavy atom. The number of hydrogen-bond donors (Lipinski definition) is 4. The average molecular weight is 604 g/mol. The van der Waals surface area contributed by atoms with Gasteiger partial charge in [-0.1, -0.05) is 29.4 Å². The van der Waals surface area contributed by atoms with Crippen molar-refractivity contribution >= 4 is 58.0 Å². The fourth-order valence-electron chi connectivity index (χ4n) is 3.91. The van der Waals surface area contributed by atoms with Gasteiger partial charge in [-0.25, -0.2) is 9.59 Å². The lowest BCUT2D eigenvalue weighted by Crippen LogP contribution is -2.71. The van der Waals surface area contributed by atoms with Crippen LogP contribution in [0.25, 0.3) is 0 Å². The zero-order chi connectivity index (χ0) is 29.9. The lowest BCUT2D eigenvalue weighted by Gasteiger charge is -2.49. The van der Waals surface area contributed by atoms with Gasteiger partial charge in [0.05, 0.1) is 0 Å². The first-order valence-electron chi connectivity index (χ1n) is 12.4. The highest BCUT2D eigenvalue weighted by Gasteiger charge is 2.54. The van der Waals surface area contributed by atoms with Crippen LogP contribution in [-0.4, -0.2) is 71.7 Å². The number of aliphatic carboxylic acids is 1. The molecule has 14 nitrogen and oxygen atoms in total. The highest BCUT2D eigenvalue weighted by atomic mass is 32.2. The van der Waals surface area contributed by atoms with Crippen molar-refractivity contribution in [3.63, 3.8) is 0 Å². The van der Waals surface area contributed by atoms with E-state index in [4.69, 9.17) is 15.3 Å². The molecule has 0 saturated carbocycles. The van der Waals surface area contributed by atoms with Gasteiger partial charge in [-0.05, 0) is 44.4 Å². The first kappa shape index (κ1) is 29.8. The second-order valence-corrected chi connectivity index (χ2v) is 12.0. The van der Waals surface area contributed by atoms with Crippen molar-refractivity contribution in [3.8, 4) is 0 Å². The average Bonchev–Trinajstić information content (AvgIpc) is 3.33. The maximum Gasteiger partial charge on any atom is 0.407 e. The van der Waals surface area contributed by atoms with Crippen LogP contribution in [0.4, 0.5) is 9.93 Å². The number of carbonyl (C=O) groups excluding carboxylic acids is 3. The number of anilines is 1. The molecular weight excluding hydrogens is 574 g/mol. The molecule has 2 atom stereocenters. The van der Waals surface area contributed by atoms with E-state index in [1.165, 1.54) is 16.7 Å². The van der Waals surface area contributed by atoms with E-state index in [9.17, 15) is 24.3 Å². The minimum absolute atomic E-state index is 0.00314. The van der Waals surface area contributed by atoms with Crippen LogP contribution < -0.4 is 16.4 Å². The molecule has 16 heteroatoms. The Bertz CT molecular complexity index is 1420. The third-order valence-corrected chi connectivity index (χ3v) is 7.73. The molecule has 0 bridgehead atoms. The fraction of sp³-hybridized carbons (Fsp3) is 0.400. The van der Waals surface area contributed by atoms with Crippen molar-refractivity contribution in [2.75, 3.05) is 11.5 Å². The number of amides is 3. The number of hydrogen-bond acceptors (Lipinski definition) is 12. The first-order chi connectivity index (χ1) is 19.3. The van der Waals surface area contributed by atoms with E-state index in [0.717, 1.165) is 22.7 Å². The molecule has 5 N–H and O–H groups in total. The quantitative estimate of drug-likeness (QED) is 0.185. The van der Waals surface area contributed by atoms with E-state index < -0.39 is 40.9 Å². The smallest absolute Gasteiger partial charge is 0.407 e. The molecule has 0 spiro atoms. The van der Waals surface area contributed by atoms with E-state index >= 15 is 0 Å². The summed E-state index contributed by atoms with van der Waals surface area (Å²) < 4.78 is 9.25. The first-order valence-corrected chi connectivity index (χ1v) is 14.2. The number of rotatable bonds is 9. The number of nitrogens with one attached hydrogen (secondary N) is 2. The molecule has 2 aliphatic heterocycles. The van der Waals surface area contributed by atoms with Gasteiger partial charge in [-0.2, -0.15) is 9.36 Å². The van der Waals surface area contributed by atoms with Crippen molar-refractivity contribution in [3.05, 3.63) is 52.5 Å². The summed E-state index contributed by atoms with van der Waals surface area (Å²) in [6.45, 7) is 7.27. The molecule has 1 fully saturated rings. The number of benzene rings is 1. The summed E-state index contributed by atoms with van der Waals surface area (Å²) in [5, 5.41) is 18.3. The third-order valence-electron chi connectivity index (χ3n) is 5.76. The largest absolute Gasteiger partial charge is 0.477 e. The van der Waals surface area contributed by atoms with Gasteiger partial charge in [0, 0.05) is 23.8 Å². The van der Waals surface area contributed by atoms with Crippen molar-refractivity contribution in [2.45, 2.75) is 57.9 Å². The SMILES string of the molecule is CC1=C(C(=O)O)N2C(=O)C(NC(=O)C(=NOCc3ccc(CNC(=O)OC(C)(C)C)cc3)c3nsc(N)n3)[C@@H]2SC1. The third kappa shape index (κ3) is 7.13. The van der Waals surface area contributed by atoms with Crippen LogP contribution in [0.3, 0.4) is 0 Å². The van der Waals surface area contributed by atoms with Crippen LogP contribution in [0, 0.1) is 0 Å². The maximum atomic E-state index is 13.2. The number of carboxylic acid groups (broad SMARTS) is 1. The molecule has 0 radical (unpaired) electrons. The molecule has 1 aromatic heterocycles. The molecular formula is C25H29N7O7S2.